The quantitative estimate of drug-likeness (QED) is 0.874. The lowest BCUT2D eigenvalue weighted by atomic mass is 10.2. The van der Waals surface area contributed by atoms with Gasteiger partial charge in [-0.15, -0.1) is 11.3 Å². The number of amides is 2. The molecule has 2 aliphatic heterocycles. The van der Waals surface area contributed by atoms with Crippen LogP contribution in [0, 0.1) is 0 Å². The van der Waals surface area contributed by atoms with Crippen molar-refractivity contribution in [2.75, 3.05) is 19.8 Å². The maximum Gasteiger partial charge on any atom is 0.272 e. The molecule has 1 N–H and O–H groups in total. The number of fused-ring (bicyclic) bond motifs is 2. The third-order valence-electron chi connectivity index (χ3n) is 4.73. The second-order valence-electron chi connectivity index (χ2n) is 6.67. The van der Waals surface area contributed by atoms with E-state index in [-0.39, 0.29) is 11.8 Å². The molecule has 3 aliphatic rings. The average Bonchev–Trinajstić information content (AvgIpc) is 3.21. The van der Waals surface area contributed by atoms with Crippen molar-refractivity contribution in [1.29, 1.82) is 0 Å². The van der Waals surface area contributed by atoms with Crippen LogP contribution in [-0.4, -0.2) is 52.3 Å². The van der Waals surface area contributed by atoms with E-state index in [1.807, 2.05) is 10.1 Å². The van der Waals surface area contributed by atoms with Crippen molar-refractivity contribution in [1.82, 2.24) is 20.0 Å². The van der Waals surface area contributed by atoms with Gasteiger partial charge in [-0.05, 0) is 18.9 Å². The summed E-state index contributed by atoms with van der Waals surface area (Å²) in [5.74, 6) is 0.990. The first-order valence-corrected chi connectivity index (χ1v) is 9.61. The third-order valence-corrected chi connectivity index (χ3v) is 5.65. The van der Waals surface area contributed by atoms with E-state index in [1.54, 1.807) is 11.0 Å². The van der Waals surface area contributed by atoms with Crippen molar-refractivity contribution in [3.05, 3.63) is 27.7 Å². The second kappa shape index (κ2) is 6.01. The van der Waals surface area contributed by atoms with E-state index in [2.05, 4.69) is 10.4 Å². The van der Waals surface area contributed by atoms with Crippen LogP contribution in [0.2, 0.25) is 0 Å². The molecule has 0 radical (unpaired) electrons. The van der Waals surface area contributed by atoms with Crippen molar-refractivity contribution < 1.29 is 19.1 Å². The zero-order chi connectivity index (χ0) is 17.7. The van der Waals surface area contributed by atoms with Gasteiger partial charge in [-0.2, -0.15) is 5.10 Å². The molecule has 1 saturated carbocycles. The predicted octanol–water partition coefficient (Wildman–Crippen LogP) is 1.26. The topological polar surface area (TPSA) is 85.7 Å². The first-order valence-electron chi connectivity index (χ1n) is 8.73. The Labute approximate surface area is 153 Å². The lowest BCUT2D eigenvalue weighted by molar-refractivity contribution is 0.0702. The second-order valence-corrected chi connectivity index (χ2v) is 7.55. The highest BCUT2D eigenvalue weighted by molar-refractivity contribution is 7.12. The molecular weight excluding hydrogens is 356 g/mol. The van der Waals surface area contributed by atoms with E-state index in [9.17, 15) is 9.59 Å². The number of carbonyl (C=O) groups is 2. The predicted molar refractivity (Wildman–Crippen MR) is 92.8 cm³/mol. The van der Waals surface area contributed by atoms with Gasteiger partial charge in [0.1, 0.15) is 18.1 Å². The molecule has 0 spiro atoms. The van der Waals surface area contributed by atoms with Gasteiger partial charge in [0.05, 0.1) is 18.8 Å². The number of hydrogen-bond donors (Lipinski definition) is 1. The number of rotatable bonds is 3. The fraction of sp³-hybridized carbons (Fsp3) is 0.471. The number of nitrogens with zero attached hydrogens (tertiary/aromatic N) is 3. The monoisotopic (exact) mass is 374 g/mol. The SMILES string of the molecule is O=C(NC1CC1)c1cc2n(n1)CCN(C(=O)c1scc3c1OCCO3)C2. The van der Waals surface area contributed by atoms with Gasteiger partial charge in [-0.25, -0.2) is 0 Å². The normalized spacial score (nSPS) is 18.4. The summed E-state index contributed by atoms with van der Waals surface area (Å²) in [6.07, 6.45) is 2.08. The van der Waals surface area contributed by atoms with E-state index in [0.29, 0.717) is 61.0 Å². The Morgan fingerprint density at radius 2 is 2.08 bits per heavy atom. The Balaban J connectivity index is 1.33. The van der Waals surface area contributed by atoms with Crippen molar-refractivity contribution in [3.8, 4) is 11.5 Å². The summed E-state index contributed by atoms with van der Waals surface area (Å²) in [6, 6.07) is 2.08. The van der Waals surface area contributed by atoms with E-state index in [4.69, 9.17) is 9.47 Å². The van der Waals surface area contributed by atoms with Gasteiger partial charge in [-0.1, -0.05) is 0 Å². The summed E-state index contributed by atoms with van der Waals surface area (Å²) >= 11 is 1.34. The molecule has 1 aliphatic carbocycles. The molecule has 2 aromatic rings. The number of hydrogen-bond acceptors (Lipinski definition) is 6. The molecular formula is C17H18N4O4S. The minimum absolute atomic E-state index is 0.0711. The molecule has 0 unspecified atom stereocenters. The molecule has 0 aromatic carbocycles. The molecule has 5 rings (SSSR count). The van der Waals surface area contributed by atoms with Crippen LogP contribution in [-0.2, 0) is 13.1 Å². The van der Waals surface area contributed by atoms with Gasteiger partial charge < -0.3 is 19.7 Å². The van der Waals surface area contributed by atoms with E-state index in [0.717, 1.165) is 18.5 Å². The summed E-state index contributed by atoms with van der Waals surface area (Å²) in [7, 11) is 0. The molecule has 136 valence electrons. The Hall–Kier alpha value is -2.55. The largest absolute Gasteiger partial charge is 0.485 e. The molecule has 8 nitrogen and oxygen atoms in total. The first kappa shape index (κ1) is 15.7. The summed E-state index contributed by atoms with van der Waals surface area (Å²) in [4.78, 5) is 27.4. The average molecular weight is 374 g/mol. The van der Waals surface area contributed by atoms with Crippen LogP contribution in [0.1, 0.15) is 38.7 Å². The van der Waals surface area contributed by atoms with Crippen molar-refractivity contribution >= 4 is 23.2 Å². The summed E-state index contributed by atoms with van der Waals surface area (Å²) in [6.45, 7) is 2.51. The van der Waals surface area contributed by atoms with Crippen LogP contribution in [0.3, 0.4) is 0 Å². The first-order chi connectivity index (χ1) is 12.7. The van der Waals surface area contributed by atoms with Crippen LogP contribution in [0.5, 0.6) is 11.5 Å². The Bertz CT molecular complexity index is 885. The molecule has 9 heteroatoms. The molecule has 0 atom stereocenters. The molecule has 2 aromatic heterocycles. The highest BCUT2D eigenvalue weighted by Crippen LogP contribution is 2.40. The van der Waals surface area contributed by atoms with Crippen LogP contribution in [0.15, 0.2) is 11.4 Å². The van der Waals surface area contributed by atoms with Gasteiger partial charge >= 0.3 is 0 Å². The smallest absolute Gasteiger partial charge is 0.272 e. The number of nitrogens with one attached hydrogen (secondary N) is 1. The molecule has 2 amide bonds. The van der Waals surface area contributed by atoms with Crippen LogP contribution >= 0.6 is 11.3 Å². The van der Waals surface area contributed by atoms with E-state index < -0.39 is 0 Å². The number of carbonyl (C=O) groups excluding carboxylic acids is 2. The maximum atomic E-state index is 12.9. The summed E-state index contributed by atoms with van der Waals surface area (Å²) < 4.78 is 13.0. The molecule has 1 fully saturated rings. The Morgan fingerprint density at radius 3 is 2.92 bits per heavy atom. The van der Waals surface area contributed by atoms with Gasteiger partial charge in [0.15, 0.2) is 17.2 Å². The van der Waals surface area contributed by atoms with Crippen LogP contribution < -0.4 is 14.8 Å². The molecule has 4 heterocycles. The fourth-order valence-electron chi connectivity index (χ4n) is 3.19. The summed E-state index contributed by atoms with van der Waals surface area (Å²) in [5, 5.41) is 9.14. The molecule has 0 bridgehead atoms. The lowest BCUT2D eigenvalue weighted by Gasteiger charge is -2.27. The van der Waals surface area contributed by atoms with Crippen molar-refractivity contribution in [2.24, 2.45) is 0 Å². The molecule has 26 heavy (non-hydrogen) atoms. The highest BCUT2D eigenvalue weighted by Gasteiger charge is 2.31. The Morgan fingerprint density at radius 1 is 1.23 bits per heavy atom. The minimum atomic E-state index is -0.134. The Kier molecular flexibility index (Phi) is 3.63. The van der Waals surface area contributed by atoms with Crippen LogP contribution in [0.4, 0.5) is 0 Å². The zero-order valence-corrected chi connectivity index (χ0v) is 14.9. The van der Waals surface area contributed by atoms with E-state index >= 15 is 0 Å². The van der Waals surface area contributed by atoms with Gasteiger partial charge in [0.25, 0.3) is 11.8 Å². The van der Waals surface area contributed by atoms with Gasteiger partial charge in [0, 0.05) is 18.0 Å². The number of thiophene rings is 1. The third kappa shape index (κ3) is 2.72. The summed E-state index contributed by atoms with van der Waals surface area (Å²) in [5.41, 5.74) is 1.29. The van der Waals surface area contributed by atoms with Gasteiger partial charge in [0.2, 0.25) is 0 Å². The zero-order valence-electron chi connectivity index (χ0n) is 14.1. The van der Waals surface area contributed by atoms with Crippen molar-refractivity contribution in [2.45, 2.75) is 32.0 Å². The van der Waals surface area contributed by atoms with Crippen LogP contribution in [0.25, 0.3) is 0 Å². The van der Waals surface area contributed by atoms with Gasteiger partial charge in [-0.3, -0.25) is 14.3 Å². The van der Waals surface area contributed by atoms with Crippen molar-refractivity contribution in [3.63, 3.8) is 0 Å². The number of ether oxygens (including phenoxy) is 2. The maximum absolute atomic E-state index is 12.9. The lowest BCUT2D eigenvalue weighted by Crippen LogP contribution is -2.38. The minimum Gasteiger partial charge on any atom is -0.485 e. The standard InChI is InChI=1S/C17H18N4O4S/c22-16(18-10-1-2-10)12-7-11-8-20(3-4-21(11)19-12)17(23)15-14-13(9-26-15)24-5-6-25-14/h7,9-10H,1-6,8H2,(H,18,22). The molecule has 0 saturated heterocycles. The highest BCUT2D eigenvalue weighted by atomic mass is 32.1. The van der Waals surface area contributed by atoms with E-state index in [1.165, 1.54) is 11.3 Å². The number of aromatic nitrogens is 2. The fourth-order valence-corrected chi connectivity index (χ4v) is 4.09.